The highest BCUT2D eigenvalue weighted by Crippen LogP contribution is 2.37. The lowest BCUT2D eigenvalue weighted by molar-refractivity contribution is 0.0927. The normalized spacial score (nSPS) is 13.5. The third-order valence-electron chi connectivity index (χ3n) is 19.9. The summed E-state index contributed by atoms with van der Waals surface area (Å²) in [5.41, 5.74) is 35.6. The first-order valence-electron chi connectivity index (χ1n) is 39.0. The molecule has 41 heteroatoms. The molecule has 624 valence electrons. The molecule has 0 spiro atoms. The Morgan fingerprint density at radius 2 is 1.01 bits per heavy atom. The maximum atomic E-state index is 13.2. The quantitative estimate of drug-likeness (QED) is 0.0287. The first-order valence-corrected chi connectivity index (χ1v) is 44.0. The van der Waals surface area contributed by atoms with Gasteiger partial charge in [0.2, 0.25) is 10.0 Å². The van der Waals surface area contributed by atoms with Crippen molar-refractivity contribution in [2.75, 3.05) is 73.3 Å². The second-order valence-electron chi connectivity index (χ2n) is 30.5. The fraction of sp³-hybridized carbons (Fsp3) is 0.342. The highest BCUT2D eigenvalue weighted by molar-refractivity contribution is 7.88. The number of sulfonamides is 1. The summed E-state index contributed by atoms with van der Waals surface area (Å²) < 4.78 is 53.5. The summed E-state index contributed by atoms with van der Waals surface area (Å²) in [6.07, 6.45) is 39.9. The van der Waals surface area contributed by atoms with Crippen LogP contribution in [-0.4, -0.2) is 186 Å². The molecule has 0 saturated carbocycles. The summed E-state index contributed by atoms with van der Waals surface area (Å²) in [7, 11) is 4.37. The van der Waals surface area contributed by atoms with E-state index in [0.717, 1.165) is 147 Å². The number of amides is 1. The van der Waals surface area contributed by atoms with Crippen molar-refractivity contribution in [3.05, 3.63) is 180 Å². The molecule has 1 amide bonds. The largest absolute Gasteiger partial charge is 0.349 e. The molecule has 0 radical (unpaired) electrons. The number of hydrogen-bond acceptors (Lipinski definition) is 30. The van der Waals surface area contributed by atoms with E-state index in [1.165, 1.54) is 56.5 Å². The zero-order chi connectivity index (χ0) is 84.1. The van der Waals surface area contributed by atoms with Gasteiger partial charge in [-0.1, -0.05) is 40.7 Å². The van der Waals surface area contributed by atoms with Gasteiger partial charge in [0.25, 0.3) is 5.91 Å². The molecule has 2 aliphatic rings. The molecule has 1 fully saturated rings. The molecule has 12 N–H and O–H groups in total. The van der Waals surface area contributed by atoms with E-state index in [1.807, 2.05) is 164 Å². The molecule has 36 nitrogen and oxygen atoms in total. The number of anilines is 8. The molecule has 0 atom stereocenters. The molecule has 1 saturated heterocycles. The van der Waals surface area contributed by atoms with Gasteiger partial charge in [0, 0.05) is 157 Å². The van der Waals surface area contributed by atoms with E-state index >= 15 is 0 Å². The van der Waals surface area contributed by atoms with Crippen molar-refractivity contribution in [2.24, 2.45) is 45.4 Å². The van der Waals surface area contributed by atoms with E-state index in [-0.39, 0.29) is 17.4 Å². The van der Waals surface area contributed by atoms with Gasteiger partial charge in [-0.15, -0.1) is 11.3 Å². The Hall–Kier alpha value is -11.9. The number of nitrogens with one attached hydrogen (secondary N) is 6. The topological polar surface area (TPSA) is 435 Å². The SMILES string of the molecule is CC(C)c1cc(Nc2nc(CCN)cn3c(-c4cnn(C)c4)cnc23)sn1.Cc1cc(Nc2nc(C3=CCCNC3)cn3c(-c4cnn(C)c4)cnc23)sc1C(=O)NC1CCN(S(C)(=O)=O)CC1.Cn1cc(-c2cnc3c(Nc4cc(C(C)(C)C)ns4)nc(CCN)cn23)cn1.Cn1cc(-c2cnc3c(Nc4ccns4)nc(CCN)cn23)cn1. The minimum atomic E-state index is -3.21. The molecule has 0 aliphatic carbocycles. The molecule has 2 aliphatic heterocycles. The van der Waals surface area contributed by atoms with Crippen molar-refractivity contribution in [1.29, 1.82) is 0 Å². The standard InChI is InChI=1S/C27H33N9O3S2.C19H24N8S.C18H22N8S.C15H16N8S/c1-17-11-23(40-24(17)27(37)31-20-6-9-35(10-7-20)41(3,38)39)33-25-26-29-14-22(19-13-30-34(2)15-19)36(26)16-21(32-25)18-5-4-8-28-12-18;1-19(2,3)15-7-16(28-25-15)24-17-18-21-9-14(12-8-22-26(4)10-12)27(18)11-13(23-17)5-6-20;1-11(2)14-6-16(27-24-14)23-17-18-20-8-15(12-7-21-25(3)9-12)26(18)10-13(22-17)4-5-19;1-22-8-10(6-18-22)12-7-17-15-14(21-13-3-5-19-24-13)20-11(2-4-16)9-23(12)15/h5,11,13-16,20,28H,4,6-10,12H2,1-3H3,(H,31,37)(H,32,33);7-11H,5-6,20H2,1-4H3,(H,23,24);6-11H,4-5,19H2,1-3H3,(H,22,23);3,5-9H,2,4,16H2,1H3,(H,20,21). The number of piperidine rings is 1. The van der Waals surface area contributed by atoms with Gasteiger partial charge in [-0.25, -0.2) is 52.6 Å². The number of carbonyl (C=O) groups is 1. The van der Waals surface area contributed by atoms with Crippen LogP contribution in [-0.2, 0) is 62.9 Å². The third-order valence-corrected chi connectivity index (χ3v) is 24.4. The number of carbonyl (C=O) groups excluding carboxylic acids is 1. The lowest BCUT2D eigenvalue weighted by Crippen LogP contribution is -2.46. The maximum Gasteiger partial charge on any atom is 0.261 e. The zero-order valence-corrected chi connectivity index (χ0v) is 72.4. The smallest absolute Gasteiger partial charge is 0.261 e. The van der Waals surface area contributed by atoms with Gasteiger partial charge in [-0.05, 0) is 128 Å². The van der Waals surface area contributed by atoms with Gasteiger partial charge in [-0.3, -0.25) is 41.1 Å². The summed E-state index contributed by atoms with van der Waals surface area (Å²) in [5.74, 6) is 2.94. The molecule has 0 aromatic carbocycles. The van der Waals surface area contributed by atoms with Crippen LogP contribution in [0.3, 0.4) is 0 Å². The van der Waals surface area contributed by atoms with Crippen molar-refractivity contribution < 1.29 is 13.2 Å². The lowest BCUT2D eigenvalue weighted by Gasteiger charge is -2.30. The van der Waals surface area contributed by atoms with Crippen molar-refractivity contribution in [3.8, 4) is 45.0 Å². The summed E-state index contributed by atoms with van der Waals surface area (Å²) in [6, 6.07) is 7.92. The predicted molar refractivity (Wildman–Crippen MR) is 473 cm³/mol. The first-order chi connectivity index (χ1) is 57.8. The third kappa shape index (κ3) is 19.0. The molecule has 0 unspecified atom stereocenters. The van der Waals surface area contributed by atoms with Gasteiger partial charge in [-0.2, -0.15) is 33.5 Å². The minimum absolute atomic E-state index is 0.00135. The number of nitrogens with zero attached hydrogens (tertiary/aromatic N) is 24. The second-order valence-corrected chi connectivity index (χ2v) is 36.0. The number of imidazole rings is 4. The van der Waals surface area contributed by atoms with Gasteiger partial charge in [0.1, 0.15) is 15.0 Å². The fourth-order valence-corrected chi connectivity index (χ4v) is 17.7. The molecule has 120 heavy (non-hydrogen) atoms. The summed E-state index contributed by atoms with van der Waals surface area (Å²) in [6.45, 7) is 16.7. The minimum Gasteiger partial charge on any atom is -0.349 e. The van der Waals surface area contributed by atoms with Crippen LogP contribution in [0.2, 0.25) is 0 Å². The van der Waals surface area contributed by atoms with Crippen LogP contribution in [0.25, 0.3) is 73.2 Å². The van der Waals surface area contributed by atoms with E-state index in [2.05, 4.69) is 138 Å². The Bertz CT molecular complexity index is 6420. The van der Waals surface area contributed by atoms with Gasteiger partial charge >= 0.3 is 0 Å². The molecule has 16 aromatic heterocycles. The summed E-state index contributed by atoms with van der Waals surface area (Å²) in [4.78, 5) is 51.4. The number of fused-ring (bicyclic) bond motifs is 4. The van der Waals surface area contributed by atoms with Crippen molar-refractivity contribution in [3.63, 3.8) is 0 Å². The lowest BCUT2D eigenvalue weighted by atomic mass is 9.92. The molecular formula is C79H95N33O3S5. The number of thiophene rings is 1. The second kappa shape index (κ2) is 35.9. The Morgan fingerprint density at radius 3 is 1.40 bits per heavy atom. The van der Waals surface area contributed by atoms with E-state index in [4.69, 9.17) is 37.1 Å². The van der Waals surface area contributed by atoms with Gasteiger partial charge < -0.3 is 49.1 Å². The van der Waals surface area contributed by atoms with Crippen LogP contribution >= 0.6 is 45.9 Å². The average molecular weight is 1720 g/mol. The zero-order valence-electron chi connectivity index (χ0n) is 68.3. The predicted octanol–water partition coefficient (Wildman–Crippen LogP) is 10.7. The maximum absolute atomic E-state index is 13.2. The summed E-state index contributed by atoms with van der Waals surface area (Å²) in [5, 5.41) is 40.7. The number of aromatic nitrogens is 23. The van der Waals surface area contributed by atoms with Crippen LogP contribution in [0.4, 0.5) is 43.3 Å². The molecular weight excluding hydrogens is 1620 g/mol. The molecule has 18 heterocycles. The van der Waals surface area contributed by atoms with E-state index in [0.29, 0.717) is 105 Å². The number of nitrogens with two attached hydrogens (primary N) is 3. The number of hydrogen-bond donors (Lipinski definition) is 9. The van der Waals surface area contributed by atoms with Crippen LogP contribution in [0.5, 0.6) is 0 Å². The Labute approximate surface area is 708 Å². The highest BCUT2D eigenvalue weighted by Gasteiger charge is 2.29. The Morgan fingerprint density at radius 1 is 0.567 bits per heavy atom. The number of rotatable bonds is 23. The number of aryl methyl sites for hydroxylation is 5. The van der Waals surface area contributed by atoms with Crippen molar-refractivity contribution in [1.82, 2.24) is 125 Å². The fourth-order valence-electron chi connectivity index (χ4n) is 13.7. The summed E-state index contributed by atoms with van der Waals surface area (Å²) >= 11 is 5.60. The average Bonchev–Trinajstić information content (AvgIpc) is 1.63. The Balaban J connectivity index is 0.000000128. The monoisotopic (exact) mass is 1710 g/mol. The van der Waals surface area contributed by atoms with Crippen molar-refractivity contribution in [2.45, 2.75) is 97.4 Å². The van der Waals surface area contributed by atoms with E-state index < -0.39 is 10.0 Å². The molecule has 0 bridgehead atoms. The van der Waals surface area contributed by atoms with Crippen LogP contribution in [0.1, 0.15) is 109 Å². The van der Waals surface area contributed by atoms with Crippen molar-refractivity contribution >= 4 is 133 Å². The van der Waals surface area contributed by atoms with Crippen LogP contribution in [0, 0.1) is 6.92 Å². The highest BCUT2D eigenvalue weighted by atomic mass is 32.2. The van der Waals surface area contributed by atoms with E-state index in [1.54, 1.807) is 24.9 Å². The first kappa shape index (κ1) is 83.1. The van der Waals surface area contributed by atoms with Gasteiger partial charge in [0.05, 0.1) is 123 Å². The molecule has 18 rings (SSSR count). The van der Waals surface area contributed by atoms with E-state index in [9.17, 15) is 13.2 Å². The van der Waals surface area contributed by atoms with Crippen LogP contribution < -0.4 is 49.1 Å². The van der Waals surface area contributed by atoms with Gasteiger partial charge in [0.15, 0.2) is 45.9 Å². The molecule has 16 aromatic rings. The Kier molecular flexibility index (Phi) is 24.9. The van der Waals surface area contributed by atoms with Crippen LogP contribution in [0.15, 0.2) is 136 Å².